The van der Waals surface area contributed by atoms with Crippen molar-refractivity contribution >= 4 is 11.6 Å². The second kappa shape index (κ2) is 4.77. The number of hydrogen-bond acceptors (Lipinski definition) is 2. The third-order valence-electron chi connectivity index (χ3n) is 1.85. The molecule has 2 nitrogen and oxygen atoms in total. The Morgan fingerprint density at radius 2 is 2.13 bits per heavy atom. The van der Waals surface area contributed by atoms with E-state index in [1.54, 1.807) is 6.92 Å². The van der Waals surface area contributed by atoms with Crippen LogP contribution in [0.15, 0.2) is 18.2 Å². The van der Waals surface area contributed by atoms with Gasteiger partial charge in [0.15, 0.2) is 0 Å². The van der Waals surface area contributed by atoms with E-state index in [0.29, 0.717) is 6.61 Å². The van der Waals surface area contributed by atoms with Crippen LogP contribution in [0.25, 0.3) is 0 Å². The molecular weight excluding hydrogens is 226 g/mol. The maximum Gasteiger partial charge on any atom is 0.295 e. The molecule has 0 aliphatic carbocycles. The van der Waals surface area contributed by atoms with Crippen LogP contribution in [0.2, 0.25) is 5.02 Å². The first-order valence-corrected chi connectivity index (χ1v) is 4.80. The van der Waals surface area contributed by atoms with Gasteiger partial charge in [0.25, 0.3) is 5.92 Å². The number of ether oxygens (including phenoxy) is 1. The highest BCUT2D eigenvalue weighted by Crippen LogP contribution is 2.33. The molecule has 1 rings (SSSR count). The number of benzene rings is 1. The predicted molar refractivity (Wildman–Crippen MR) is 53.6 cm³/mol. The van der Waals surface area contributed by atoms with E-state index in [0.717, 1.165) is 6.07 Å². The van der Waals surface area contributed by atoms with Crippen molar-refractivity contribution in [3.05, 3.63) is 28.8 Å². The fraction of sp³-hybridized carbons (Fsp3) is 0.400. The molecular formula is C10H11ClF2O2. The third kappa shape index (κ3) is 2.79. The van der Waals surface area contributed by atoms with Crippen molar-refractivity contribution < 1.29 is 18.6 Å². The van der Waals surface area contributed by atoms with Crippen molar-refractivity contribution in [2.45, 2.75) is 12.8 Å². The minimum Gasteiger partial charge on any atom is -0.492 e. The van der Waals surface area contributed by atoms with Crippen molar-refractivity contribution in [3.63, 3.8) is 0 Å². The molecule has 0 fully saturated rings. The molecule has 0 aliphatic rings. The highest BCUT2D eigenvalue weighted by molar-refractivity contribution is 6.32. The van der Waals surface area contributed by atoms with E-state index in [-0.39, 0.29) is 16.3 Å². The number of aliphatic hydroxyl groups excluding tert-OH is 1. The molecule has 1 N–H and O–H groups in total. The molecule has 0 radical (unpaired) electrons. The molecule has 1 aromatic carbocycles. The van der Waals surface area contributed by atoms with Gasteiger partial charge in [-0.25, -0.2) is 0 Å². The van der Waals surface area contributed by atoms with E-state index in [1.807, 2.05) is 0 Å². The highest BCUT2D eigenvalue weighted by Gasteiger charge is 2.31. The normalized spacial score (nSPS) is 11.5. The lowest BCUT2D eigenvalue weighted by Gasteiger charge is -2.15. The maximum absolute atomic E-state index is 13.1. The van der Waals surface area contributed by atoms with E-state index >= 15 is 0 Å². The fourth-order valence-corrected chi connectivity index (χ4v) is 1.26. The minimum absolute atomic E-state index is 0.199. The number of alkyl halides is 2. The van der Waals surface area contributed by atoms with E-state index < -0.39 is 12.5 Å². The summed E-state index contributed by atoms with van der Waals surface area (Å²) in [5, 5.41) is 8.79. The van der Waals surface area contributed by atoms with E-state index in [1.165, 1.54) is 12.1 Å². The van der Waals surface area contributed by atoms with E-state index in [4.69, 9.17) is 21.4 Å². The first-order chi connectivity index (χ1) is 7.01. The Kier molecular flexibility index (Phi) is 3.88. The van der Waals surface area contributed by atoms with Crippen molar-refractivity contribution in [1.29, 1.82) is 0 Å². The zero-order chi connectivity index (χ0) is 11.5. The smallest absolute Gasteiger partial charge is 0.295 e. The largest absolute Gasteiger partial charge is 0.492 e. The first kappa shape index (κ1) is 12.2. The molecule has 0 unspecified atom stereocenters. The monoisotopic (exact) mass is 236 g/mol. The molecule has 0 saturated carbocycles. The molecule has 0 aliphatic heterocycles. The summed E-state index contributed by atoms with van der Waals surface area (Å²) in [6, 6.07) is 3.63. The van der Waals surface area contributed by atoms with Gasteiger partial charge in [-0.1, -0.05) is 17.7 Å². The Labute approximate surface area is 91.4 Å². The summed E-state index contributed by atoms with van der Waals surface area (Å²) in [6.07, 6.45) is 0. The molecule has 0 saturated heterocycles. The lowest BCUT2D eigenvalue weighted by atomic mass is 10.1. The predicted octanol–water partition coefficient (Wildman–Crippen LogP) is 2.82. The van der Waals surface area contributed by atoms with Crippen LogP contribution in [0.3, 0.4) is 0 Å². The topological polar surface area (TPSA) is 29.5 Å². The average Bonchev–Trinajstić information content (AvgIpc) is 2.21. The van der Waals surface area contributed by atoms with Crippen molar-refractivity contribution in [2.75, 3.05) is 13.2 Å². The molecule has 15 heavy (non-hydrogen) atoms. The van der Waals surface area contributed by atoms with Crippen LogP contribution in [0, 0.1) is 0 Å². The molecule has 0 aromatic heterocycles. The zero-order valence-electron chi connectivity index (χ0n) is 8.14. The Bertz CT molecular complexity index is 342. The number of halogens is 3. The molecule has 0 spiro atoms. The van der Waals surface area contributed by atoms with Gasteiger partial charge in [0.2, 0.25) is 0 Å². The Morgan fingerprint density at radius 3 is 2.67 bits per heavy atom. The Morgan fingerprint density at radius 1 is 1.47 bits per heavy atom. The third-order valence-corrected chi connectivity index (χ3v) is 2.16. The first-order valence-electron chi connectivity index (χ1n) is 4.42. The van der Waals surface area contributed by atoms with Crippen LogP contribution in [0.5, 0.6) is 5.75 Å². The maximum atomic E-state index is 13.1. The zero-order valence-corrected chi connectivity index (χ0v) is 8.89. The van der Waals surface area contributed by atoms with Gasteiger partial charge in [-0.2, -0.15) is 8.78 Å². The fourth-order valence-electron chi connectivity index (χ4n) is 1.09. The van der Waals surface area contributed by atoms with Gasteiger partial charge >= 0.3 is 0 Å². The minimum atomic E-state index is -3.27. The van der Waals surface area contributed by atoms with E-state index in [2.05, 4.69) is 0 Å². The van der Waals surface area contributed by atoms with Crippen LogP contribution >= 0.6 is 11.6 Å². The van der Waals surface area contributed by atoms with Crippen molar-refractivity contribution in [1.82, 2.24) is 0 Å². The molecule has 0 heterocycles. The summed E-state index contributed by atoms with van der Waals surface area (Å²) in [4.78, 5) is 0. The highest BCUT2D eigenvalue weighted by atomic mass is 35.5. The summed E-state index contributed by atoms with van der Waals surface area (Å²) in [5.41, 5.74) is -0.308. The van der Waals surface area contributed by atoms with Gasteiger partial charge in [0.05, 0.1) is 11.6 Å². The van der Waals surface area contributed by atoms with Gasteiger partial charge in [0, 0.05) is 5.56 Å². The summed E-state index contributed by atoms with van der Waals surface area (Å²) < 4.78 is 31.2. The molecule has 1 aromatic rings. The van der Waals surface area contributed by atoms with Gasteiger partial charge in [-0.3, -0.25) is 0 Å². The quantitative estimate of drug-likeness (QED) is 0.871. The van der Waals surface area contributed by atoms with Gasteiger partial charge in [-0.15, -0.1) is 0 Å². The van der Waals surface area contributed by atoms with Crippen LogP contribution in [0.1, 0.15) is 12.5 Å². The molecule has 0 atom stereocenters. The number of aliphatic hydroxyl groups is 1. The average molecular weight is 237 g/mol. The number of hydrogen-bond donors (Lipinski definition) is 1. The summed E-state index contributed by atoms with van der Waals surface area (Å²) in [6.45, 7) is 0.835. The van der Waals surface area contributed by atoms with Crippen molar-refractivity contribution in [3.8, 4) is 5.75 Å². The van der Waals surface area contributed by atoms with Crippen LogP contribution < -0.4 is 4.74 Å². The Balaban J connectivity index is 3.07. The summed E-state index contributed by atoms with van der Waals surface area (Å²) in [5.74, 6) is -3.07. The van der Waals surface area contributed by atoms with E-state index in [9.17, 15) is 8.78 Å². The Hall–Kier alpha value is -0.870. The lowest BCUT2D eigenvalue weighted by molar-refractivity contribution is -0.0557. The van der Waals surface area contributed by atoms with Crippen LogP contribution in [-0.4, -0.2) is 18.3 Å². The SMILES string of the molecule is CCOc1cc(C(F)(F)CO)ccc1Cl. The molecule has 84 valence electrons. The van der Waals surface area contributed by atoms with Gasteiger partial charge in [0.1, 0.15) is 12.4 Å². The molecule has 0 amide bonds. The van der Waals surface area contributed by atoms with Crippen LogP contribution in [-0.2, 0) is 5.92 Å². The summed E-state index contributed by atoms with van der Waals surface area (Å²) >= 11 is 5.74. The molecule has 5 heteroatoms. The standard InChI is InChI=1S/C10H11ClF2O2/c1-2-15-9-5-7(3-4-8(9)11)10(12,13)6-14/h3-5,14H,2,6H2,1H3. The van der Waals surface area contributed by atoms with Gasteiger partial charge in [-0.05, 0) is 19.1 Å². The van der Waals surface area contributed by atoms with Gasteiger partial charge < -0.3 is 9.84 Å². The second-order valence-electron chi connectivity index (χ2n) is 2.94. The second-order valence-corrected chi connectivity index (χ2v) is 3.35. The number of rotatable bonds is 4. The summed E-state index contributed by atoms with van der Waals surface area (Å²) in [7, 11) is 0. The van der Waals surface area contributed by atoms with Crippen LogP contribution in [0.4, 0.5) is 8.78 Å². The van der Waals surface area contributed by atoms with Crippen molar-refractivity contribution in [2.24, 2.45) is 0 Å². The molecule has 0 bridgehead atoms. The lowest BCUT2D eigenvalue weighted by Crippen LogP contribution is -2.18.